The minimum atomic E-state index is 0.719. The van der Waals surface area contributed by atoms with Crippen LogP contribution in [0.3, 0.4) is 0 Å². The summed E-state index contributed by atoms with van der Waals surface area (Å²) in [5.74, 6) is 0. The highest BCUT2D eigenvalue weighted by molar-refractivity contribution is 5.85. The van der Waals surface area contributed by atoms with Crippen LogP contribution in [0.5, 0.6) is 0 Å². The molecule has 0 N–H and O–H groups in total. The van der Waals surface area contributed by atoms with Crippen molar-refractivity contribution in [2.24, 2.45) is 0 Å². The summed E-state index contributed by atoms with van der Waals surface area (Å²) in [7, 11) is 0. The highest BCUT2D eigenvalue weighted by Crippen LogP contribution is 2.40. The molecule has 0 atom stereocenters. The number of anilines is 5. The van der Waals surface area contributed by atoms with Crippen molar-refractivity contribution < 1.29 is 0 Å². The zero-order chi connectivity index (χ0) is 41.2. The van der Waals surface area contributed by atoms with E-state index in [-0.39, 0.29) is 0 Å². The number of hydrogen-bond acceptors (Lipinski definition) is 2. The zero-order valence-electron chi connectivity index (χ0n) is 34.3. The summed E-state index contributed by atoms with van der Waals surface area (Å²) in [5, 5.41) is 0. The number of rotatable bonds is 13. The lowest BCUT2D eigenvalue weighted by Crippen LogP contribution is -2.18. The Balaban J connectivity index is 1.01. The maximum atomic E-state index is 3.89. The van der Waals surface area contributed by atoms with Crippen LogP contribution in [0.1, 0.15) is 29.5 Å². The zero-order valence-corrected chi connectivity index (χ0v) is 34.3. The second-order valence-corrected chi connectivity index (χ2v) is 15.3. The van der Waals surface area contributed by atoms with Crippen molar-refractivity contribution in [3.63, 3.8) is 0 Å². The highest BCUT2D eigenvalue weighted by Gasteiger charge is 2.18. The fraction of sp³-hybridized carbons (Fsp3) is 0.0508. The molecule has 8 aromatic rings. The van der Waals surface area contributed by atoms with Gasteiger partial charge in [0.1, 0.15) is 0 Å². The van der Waals surface area contributed by atoms with Gasteiger partial charge in [0.05, 0.1) is 0 Å². The van der Waals surface area contributed by atoms with Crippen LogP contribution in [0.15, 0.2) is 243 Å². The lowest BCUT2D eigenvalue weighted by molar-refractivity contribution is 0.973. The molecule has 0 amide bonds. The van der Waals surface area contributed by atoms with Crippen molar-refractivity contribution >= 4 is 40.1 Å². The predicted molar refractivity (Wildman–Crippen MR) is 262 cm³/mol. The van der Waals surface area contributed by atoms with Gasteiger partial charge in [-0.05, 0) is 118 Å². The maximum Gasteiger partial charge on any atom is 0.0493 e. The van der Waals surface area contributed by atoms with Gasteiger partial charge in [-0.2, -0.15) is 0 Å². The number of hydrogen-bond donors (Lipinski definition) is 0. The molecule has 2 nitrogen and oxygen atoms in total. The molecule has 0 aliphatic heterocycles. The second kappa shape index (κ2) is 18.5. The molecule has 0 aromatic heterocycles. The fourth-order valence-electron chi connectivity index (χ4n) is 8.22. The SMILES string of the molecule is C=C/C=C\c1ccccc1CN(c1ccccc1)c1ccccc1-c1ccc(-c2ccc(N(c3ccc(C4=CCCC=C4)cc3)c3ccc(-c4ccccc4)cc3)cc2)cc1. The summed E-state index contributed by atoms with van der Waals surface area (Å²) in [6.45, 7) is 4.61. The molecule has 61 heavy (non-hydrogen) atoms. The lowest BCUT2D eigenvalue weighted by atomic mass is 9.97. The van der Waals surface area contributed by atoms with Gasteiger partial charge >= 0.3 is 0 Å². The summed E-state index contributed by atoms with van der Waals surface area (Å²) in [4.78, 5) is 4.77. The van der Waals surface area contributed by atoms with E-state index in [1.165, 1.54) is 55.6 Å². The first-order valence-corrected chi connectivity index (χ1v) is 21.1. The first kappa shape index (κ1) is 38.8. The van der Waals surface area contributed by atoms with Crippen LogP contribution >= 0.6 is 0 Å². The molecular formula is C59H48N2. The molecule has 2 heteroatoms. The fourth-order valence-corrected chi connectivity index (χ4v) is 8.22. The molecule has 1 aliphatic rings. The number of nitrogens with zero attached hydrogens (tertiary/aromatic N) is 2. The molecule has 0 unspecified atom stereocenters. The van der Waals surface area contributed by atoms with E-state index in [1.54, 1.807) is 0 Å². The van der Waals surface area contributed by atoms with Gasteiger partial charge in [0.2, 0.25) is 0 Å². The van der Waals surface area contributed by atoms with E-state index in [2.05, 4.69) is 247 Å². The van der Waals surface area contributed by atoms with Crippen molar-refractivity contribution in [2.75, 3.05) is 9.80 Å². The summed E-state index contributed by atoms with van der Waals surface area (Å²) >= 11 is 0. The van der Waals surface area contributed by atoms with E-state index >= 15 is 0 Å². The average molecular weight is 785 g/mol. The summed E-state index contributed by atoms with van der Waals surface area (Å²) < 4.78 is 0. The third-order valence-corrected chi connectivity index (χ3v) is 11.4. The maximum absolute atomic E-state index is 3.89. The first-order chi connectivity index (χ1) is 30.2. The van der Waals surface area contributed by atoms with E-state index in [1.807, 2.05) is 12.2 Å². The topological polar surface area (TPSA) is 6.48 Å². The summed E-state index contributed by atoms with van der Waals surface area (Å²) in [5.41, 5.74) is 17.7. The molecule has 8 aromatic carbocycles. The molecule has 0 saturated carbocycles. The Hall–Kier alpha value is -7.68. The van der Waals surface area contributed by atoms with Crippen LogP contribution in [0.2, 0.25) is 0 Å². The molecule has 9 rings (SSSR count). The number of allylic oxidation sites excluding steroid dienone is 6. The molecule has 0 saturated heterocycles. The predicted octanol–water partition coefficient (Wildman–Crippen LogP) is 16.4. The molecule has 294 valence electrons. The number of benzene rings is 8. The van der Waals surface area contributed by atoms with Gasteiger partial charge < -0.3 is 9.80 Å². The molecule has 0 fully saturated rings. The third kappa shape index (κ3) is 8.85. The Morgan fingerprint density at radius 3 is 1.56 bits per heavy atom. The number of para-hydroxylation sites is 2. The third-order valence-electron chi connectivity index (χ3n) is 11.4. The second-order valence-electron chi connectivity index (χ2n) is 15.3. The van der Waals surface area contributed by atoms with Gasteiger partial charge in [-0.1, -0.05) is 195 Å². The van der Waals surface area contributed by atoms with Crippen molar-refractivity contribution in [3.8, 4) is 33.4 Å². The lowest BCUT2D eigenvalue weighted by Gasteiger charge is -2.28. The van der Waals surface area contributed by atoms with Crippen LogP contribution in [-0.4, -0.2) is 0 Å². The van der Waals surface area contributed by atoms with E-state index in [0.717, 1.165) is 47.8 Å². The molecular weight excluding hydrogens is 737 g/mol. The quantitative estimate of drug-likeness (QED) is 0.107. The van der Waals surface area contributed by atoms with Gasteiger partial charge in [-0.3, -0.25) is 0 Å². The molecule has 0 heterocycles. The van der Waals surface area contributed by atoms with Crippen molar-refractivity contribution in [2.45, 2.75) is 19.4 Å². The van der Waals surface area contributed by atoms with E-state index in [0.29, 0.717) is 0 Å². The summed E-state index contributed by atoms with van der Waals surface area (Å²) in [6, 6.07) is 74.4. The largest absolute Gasteiger partial charge is 0.336 e. The Morgan fingerprint density at radius 1 is 0.443 bits per heavy atom. The van der Waals surface area contributed by atoms with Crippen molar-refractivity contribution in [1.82, 2.24) is 0 Å². The first-order valence-electron chi connectivity index (χ1n) is 21.1. The minimum absolute atomic E-state index is 0.719. The van der Waals surface area contributed by atoms with Gasteiger partial charge in [0.15, 0.2) is 0 Å². The average Bonchev–Trinajstić information content (AvgIpc) is 3.34. The van der Waals surface area contributed by atoms with Gasteiger partial charge in [0, 0.05) is 40.5 Å². The van der Waals surface area contributed by atoms with Crippen LogP contribution in [0.4, 0.5) is 28.4 Å². The van der Waals surface area contributed by atoms with E-state index in [9.17, 15) is 0 Å². The van der Waals surface area contributed by atoms with Crippen LogP contribution in [-0.2, 0) is 6.54 Å². The van der Waals surface area contributed by atoms with Gasteiger partial charge in [-0.25, -0.2) is 0 Å². The highest BCUT2D eigenvalue weighted by atomic mass is 15.1. The van der Waals surface area contributed by atoms with Crippen molar-refractivity contribution in [3.05, 3.63) is 260 Å². The van der Waals surface area contributed by atoms with Gasteiger partial charge in [-0.15, -0.1) is 0 Å². The Bertz CT molecular complexity index is 2790. The Kier molecular flexibility index (Phi) is 11.8. The van der Waals surface area contributed by atoms with Gasteiger partial charge in [0.25, 0.3) is 0 Å². The minimum Gasteiger partial charge on any atom is -0.336 e. The molecule has 0 radical (unpaired) electrons. The van der Waals surface area contributed by atoms with E-state index < -0.39 is 0 Å². The molecule has 0 spiro atoms. The monoisotopic (exact) mass is 784 g/mol. The van der Waals surface area contributed by atoms with Crippen LogP contribution in [0.25, 0.3) is 45.0 Å². The Labute approximate surface area is 361 Å². The summed E-state index contributed by atoms with van der Waals surface area (Å²) in [6.07, 6.45) is 15.0. The smallest absolute Gasteiger partial charge is 0.0493 e. The van der Waals surface area contributed by atoms with Crippen molar-refractivity contribution in [1.29, 1.82) is 0 Å². The Morgan fingerprint density at radius 2 is 0.951 bits per heavy atom. The normalized spacial score (nSPS) is 12.2. The molecule has 1 aliphatic carbocycles. The molecule has 0 bridgehead atoms. The van der Waals surface area contributed by atoms with Crippen LogP contribution in [0, 0.1) is 0 Å². The van der Waals surface area contributed by atoms with Crippen LogP contribution < -0.4 is 9.80 Å². The standard InChI is InChI=1S/C59H48N2/c1-2-3-17-47-22-13-14-23-53(47)44-60(54-24-11-6-12-25-54)59-27-16-15-26-58(59)52-30-28-48(29-31-52)51-36-42-57(43-37-51)61(55-38-32-49(33-39-55)45-18-7-4-8-19-45)56-40-34-50(35-41-56)46-20-9-5-10-21-46/h2-4,6-9,11-43H,1,5,10,44H2/b17-3-. The van der Waals surface area contributed by atoms with E-state index in [4.69, 9.17) is 0 Å².